The first kappa shape index (κ1) is 20.6. The van der Waals surface area contributed by atoms with Gasteiger partial charge in [-0.15, -0.1) is 0 Å². The quantitative estimate of drug-likeness (QED) is 0.441. The molecule has 1 N–H and O–H groups in total. The van der Waals surface area contributed by atoms with Crippen LogP contribution in [0.5, 0.6) is 0 Å². The summed E-state index contributed by atoms with van der Waals surface area (Å²) in [6.07, 6.45) is 1.98. The zero-order chi connectivity index (χ0) is 20.5. The van der Waals surface area contributed by atoms with E-state index in [0.717, 1.165) is 29.9 Å². The van der Waals surface area contributed by atoms with Crippen molar-refractivity contribution >= 4 is 22.9 Å². The molecule has 0 radical (unpaired) electrons. The number of hydrogen-bond donors (Lipinski definition) is 1. The number of carbonyl (C=O) groups is 1. The molecule has 0 amide bonds. The molecule has 6 heteroatoms. The van der Waals surface area contributed by atoms with Crippen molar-refractivity contribution < 1.29 is 14.3 Å². The molecular formula is C23H27N3O3. The Morgan fingerprint density at radius 2 is 1.83 bits per heavy atom. The number of hydrazone groups is 1. The van der Waals surface area contributed by atoms with E-state index in [1.165, 1.54) is 0 Å². The lowest BCUT2D eigenvalue weighted by atomic mass is 10.0. The van der Waals surface area contributed by atoms with Crippen LogP contribution >= 0.6 is 0 Å². The average Bonchev–Trinajstić information content (AvgIpc) is 2.76. The topological polar surface area (TPSA) is 63.2 Å². The maximum atomic E-state index is 12.8. The van der Waals surface area contributed by atoms with Crippen LogP contribution in [0.3, 0.4) is 0 Å². The van der Waals surface area contributed by atoms with Gasteiger partial charge in [-0.25, -0.2) is 4.79 Å². The third kappa shape index (κ3) is 5.68. The maximum absolute atomic E-state index is 12.8. The fourth-order valence-electron chi connectivity index (χ4n) is 3.01. The van der Waals surface area contributed by atoms with Crippen molar-refractivity contribution in [1.82, 2.24) is 4.90 Å². The minimum atomic E-state index is -0.461. The number of nitrogens with zero attached hydrogens (tertiary/aromatic N) is 2. The van der Waals surface area contributed by atoms with E-state index in [1.54, 1.807) is 6.92 Å². The van der Waals surface area contributed by atoms with Gasteiger partial charge in [0.15, 0.2) is 5.71 Å². The van der Waals surface area contributed by atoms with Crippen molar-refractivity contribution in [2.75, 3.05) is 38.3 Å². The van der Waals surface area contributed by atoms with E-state index in [9.17, 15) is 4.79 Å². The van der Waals surface area contributed by atoms with Crippen LogP contribution < -0.4 is 5.43 Å². The molecule has 0 aliphatic carbocycles. The molecule has 0 spiro atoms. The number of carbonyl (C=O) groups excluding carboxylic acids is 1. The normalized spacial score (nSPS) is 15.2. The van der Waals surface area contributed by atoms with Gasteiger partial charge in [0.05, 0.1) is 25.5 Å². The zero-order valence-corrected chi connectivity index (χ0v) is 16.9. The van der Waals surface area contributed by atoms with Crippen molar-refractivity contribution in [3.63, 3.8) is 0 Å². The molecule has 1 fully saturated rings. The number of rotatable bonds is 7. The van der Waals surface area contributed by atoms with E-state index >= 15 is 0 Å². The van der Waals surface area contributed by atoms with Crippen LogP contribution in [-0.2, 0) is 14.3 Å². The van der Waals surface area contributed by atoms with E-state index in [0.29, 0.717) is 18.8 Å². The van der Waals surface area contributed by atoms with E-state index in [4.69, 9.17) is 9.47 Å². The molecule has 0 bridgehead atoms. The number of esters is 1. The Labute approximate surface area is 171 Å². The smallest absolute Gasteiger partial charge is 0.359 e. The van der Waals surface area contributed by atoms with E-state index < -0.39 is 5.97 Å². The van der Waals surface area contributed by atoms with Gasteiger partial charge in [0.1, 0.15) is 0 Å². The molecule has 1 heterocycles. The Morgan fingerprint density at radius 1 is 1.14 bits per heavy atom. The van der Waals surface area contributed by atoms with Crippen LogP contribution in [0.25, 0.3) is 5.57 Å². The number of para-hydroxylation sites is 1. The molecule has 1 saturated heterocycles. The van der Waals surface area contributed by atoms with E-state index in [2.05, 4.69) is 15.4 Å². The number of morpholine rings is 1. The second-order valence-corrected chi connectivity index (χ2v) is 6.66. The van der Waals surface area contributed by atoms with Crippen molar-refractivity contribution in [3.8, 4) is 0 Å². The first-order valence-corrected chi connectivity index (χ1v) is 9.85. The summed E-state index contributed by atoms with van der Waals surface area (Å²) in [4.78, 5) is 15.0. The predicted molar refractivity (Wildman–Crippen MR) is 116 cm³/mol. The number of anilines is 1. The van der Waals surface area contributed by atoms with Gasteiger partial charge in [-0.05, 0) is 31.0 Å². The number of ether oxygens (including phenoxy) is 2. The number of aryl methyl sites for hydroxylation is 1. The van der Waals surface area contributed by atoms with E-state index in [1.807, 2.05) is 67.7 Å². The Bertz CT molecular complexity index is 872. The van der Waals surface area contributed by atoms with Crippen LogP contribution in [0.15, 0.2) is 65.9 Å². The summed E-state index contributed by atoms with van der Waals surface area (Å²) in [5.74, 6) is -0.461. The summed E-state index contributed by atoms with van der Waals surface area (Å²) in [6, 6.07) is 17.6. The van der Waals surface area contributed by atoms with Crippen molar-refractivity contribution in [2.45, 2.75) is 13.8 Å². The lowest BCUT2D eigenvalue weighted by Crippen LogP contribution is -2.33. The highest BCUT2D eigenvalue weighted by atomic mass is 16.5. The third-order valence-electron chi connectivity index (χ3n) is 4.60. The average molecular weight is 393 g/mol. The zero-order valence-electron chi connectivity index (χ0n) is 16.9. The van der Waals surface area contributed by atoms with Crippen LogP contribution in [0.2, 0.25) is 0 Å². The second-order valence-electron chi connectivity index (χ2n) is 6.66. The second kappa shape index (κ2) is 10.4. The van der Waals surface area contributed by atoms with Crippen molar-refractivity contribution in [2.24, 2.45) is 5.10 Å². The van der Waals surface area contributed by atoms with E-state index in [-0.39, 0.29) is 12.3 Å². The molecule has 2 aromatic rings. The van der Waals surface area contributed by atoms with Gasteiger partial charge >= 0.3 is 5.97 Å². The standard InChI is InChI=1S/C23H27N3O3/c1-3-29-23(27)22(25-24-21-12-8-7-9-18(21)2)20(19-10-5-4-6-11-19)17-26-13-15-28-16-14-26/h4-12,17,24H,3,13-16H2,1-2H3. The first-order chi connectivity index (χ1) is 14.2. The molecule has 1 aliphatic rings. The maximum Gasteiger partial charge on any atom is 0.359 e. The summed E-state index contributed by atoms with van der Waals surface area (Å²) in [5.41, 5.74) is 6.78. The molecule has 0 unspecified atom stereocenters. The SMILES string of the molecule is CCOC(=O)C(=NNc1ccccc1C)C(=CN1CCOCC1)c1ccccc1. The van der Waals surface area contributed by atoms with Gasteiger partial charge in [0.2, 0.25) is 0 Å². The highest BCUT2D eigenvalue weighted by Gasteiger charge is 2.22. The summed E-state index contributed by atoms with van der Waals surface area (Å²) in [6.45, 7) is 6.90. The van der Waals surface area contributed by atoms with Crippen LogP contribution in [-0.4, -0.2) is 49.5 Å². The summed E-state index contributed by atoms with van der Waals surface area (Å²) >= 11 is 0. The molecule has 29 heavy (non-hydrogen) atoms. The van der Waals surface area contributed by atoms with Gasteiger partial charge in [0.25, 0.3) is 0 Å². The Hall–Kier alpha value is -3.12. The lowest BCUT2D eigenvalue weighted by molar-refractivity contribution is -0.134. The van der Waals surface area contributed by atoms with Gasteiger partial charge in [-0.3, -0.25) is 5.43 Å². The summed E-state index contributed by atoms with van der Waals surface area (Å²) < 4.78 is 10.8. The minimum Gasteiger partial charge on any atom is -0.461 e. The molecule has 1 aliphatic heterocycles. The van der Waals surface area contributed by atoms with Crippen LogP contribution in [0.1, 0.15) is 18.1 Å². The van der Waals surface area contributed by atoms with Crippen molar-refractivity contribution in [1.29, 1.82) is 0 Å². The highest BCUT2D eigenvalue weighted by molar-refractivity contribution is 6.54. The number of hydrogen-bond acceptors (Lipinski definition) is 6. The van der Waals surface area contributed by atoms with Crippen molar-refractivity contribution in [3.05, 3.63) is 71.9 Å². The van der Waals surface area contributed by atoms with Crippen LogP contribution in [0.4, 0.5) is 5.69 Å². The molecule has 6 nitrogen and oxygen atoms in total. The van der Waals surface area contributed by atoms with Gasteiger partial charge in [-0.1, -0.05) is 48.5 Å². The molecule has 3 rings (SSSR count). The molecular weight excluding hydrogens is 366 g/mol. The molecule has 0 aromatic heterocycles. The largest absolute Gasteiger partial charge is 0.461 e. The van der Waals surface area contributed by atoms with Gasteiger partial charge in [0, 0.05) is 24.9 Å². The Kier molecular flexibility index (Phi) is 7.41. The van der Waals surface area contributed by atoms with Gasteiger partial charge in [-0.2, -0.15) is 5.10 Å². The Morgan fingerprint density at radius 3 is 2.52 bits per heavy atom. The van der Waals surface area contributed by atoms with Crippen LogP contribution in [0, 0.1) is 6.92 Å². The summed E-state index contributed by atoms with van der Waals surface area (Å²) in [7, 11) is 0. The predicted octanol–water partition coefficient (Wildman–Crippen LogP) is 3.70. The summed E-state index contributed by atoms with van der Waals surface area (Å²) in [5, 5.41) is 4.48. The fourth-order valence-corrected chi connectivity index (χ4v) is 3.01. The molecule has 152 valence electrons. The minimum absolute atomic E-state index is 0.243. The monoisotopic (exact) mass is 393 g/mol. The number of benzene rings is 2. The molecule has 2 aromatic carbocycles. The van der Waals surface area contributed by atoms with Gasteiger partial charge < -0.3 is 14.4 Å². The lowest BCUT2D eigenvalue weighted by Gasteiger charge is -2.26. The Balaban J connectivity index is 2.02. The first-order valence-electron chi connectivity index (χ1n) is 9.85. The fraction of sp³-hybridized carbons (Fsp3) is 0.304. The third-order valence-corrected chi connectivity index (χ3v) is 4.60. The molecule has 0 atom stereocenters. The molecule has 0 saturated carbocycles. The highest BCUT2D eigenvalue weighted by Crippen LogP contribution is 2.20. The number of nitrogens with one attached hydrogen (secondary N) is 1.